The van der Waals surface area contributed by atoms with Crippen molar-refractivity contribution in [2.45, 2.75) is 18.8 Å². The number of carbonyl (C=O) groups excluding carboxylic acids is 2. The van der Waals surface area contributed by atoms with E-state index in [-0.39, 0.29) is 5.92 Å². The number of benzene rings is 3. The number of anilines is 1. The molecule has 36 heavy (non-hydrogen) atoms. The zero-order valence-corrected chi connectivity index (χ0v) is 19.6. The second kappa shape index (κ2) is 10.3. The van der Waals surface area contributed by atoms with Gasteiger partial charge >= 0.3 is 11.8 Å². The number of imidazole rings is 1. The van der Waals surface area contributed by atoms with E-state index in [1.54, 1.807) is 11.2 Å². The molecule has 1 aromatic heterocycles. The van der Waals surface area contributed by atoms with Gasteiger partial charge in [-0.05, 0) is 53.3 Å². The van der Waals surface area contributed by atoms with Crippen molar-refractivity contribution in [1.29, 1.82) is 5.26 Å². The number of piperazine rings is 1. The lowest BCUT2D eigenvalue weighted by Crippen LogP contribution is -2.52. The lowest BCUT2D eigenvalue weighted by Gasteiger charge is -2.32. The van der Waals surface area contributed by atoms with Crippen molar-refractivity contribution < 1.29 is 9.59 Å². The van der Waals surface area contributed by atoms with Gasteiger partial charge in [-0.1, -0.05) is 54.6 Å². The molecule has 0 saturated carbocycles. The fourth-order valence-electron chi connectivity index (χ4n) is 4.79. The topological polar surface area (TPSA) is 102 Å². The molecule has 5 rings (SSSR count). The van der Waals surface area contributed by atoms with Gasteiger partial charge in [-0.25, -0.2) is 4.98 Å². The van der Waals surface area contributed by atoms with E-state index in [0.717, 1.165) is 33.6 Å². The van der Waals surface area contributed by atoms with Crippen LogP contribution >= 0.6 is 0 Å². The monoisotopic (exact) mass is 475 g/mol. The van der Waals surface area contributed by atoms with Crippen molar-refractivity contribution in [3.05, 3.63) is 119 Å². The normalized spacial score (nSPS) is 14.2. The van der Waals surface area contributed by atoms with Gasteiger partial charge in [-0.15, -0.1) is 0 Å². The molecule has 0 bridgehead atoms. The highest BCUT2D eigenvalue weighted by Gasteiger charge is 2.32. The summed E-state index contributed by atoms with van der Waals surface area (Å²) in [7, 11) is 0. The molecule has 1 fully saturated rings. The Hall–Kier alpha value is -4.70. The highest BCUT2D eigenvalue weighted by Crippen LogP contribution is 2.38. The molecule has 2 amide bonds. The van der Waals surface area contributed by atoms with Gasteiger partial charge in [0.15, 0.2) is 0 Å². The Balaban J connectivity index is 1.66. The molecule has 1 atom stereocenters. The van der Waals surface area contributed by atoms with Crippen LogP contribution in [0.25, 0.3) is 0 Å². The summed E-state index contributed by atoms with van der Waals surface area (Å²) in [6, 6.07) is 25.9. The number of carbonyl (C=O) groups is 2. The number of hydrogen-bond donors (Lipinski definition) is 2. The standard InChI is InChI=1S/C29H25N5O2/c30-17-22-11-9-21(10-12-22)16-24(25-18-31-19-33-25)27-23(15-20-5-2-1-3-6-20)7-4-8-26(27)34-14-13-32-28(35)29(34)36/h1-12,18-19,24H,13-16H2,(H,31,33)(H,32,35)/t24-/m1/s1. The van der Waals surface area contributed by atoms with Crippen LogP contribution < -0.4 is 10.2 Å². The van der Waals surface area contributed by atoms with E-state index in [4.69, 9.17) is 0 Å². The van der Waals surface area contributed by atoms with Gasteiger partial charge in [0.1, 0.15) is 0 Å². The van der Waals surface area contributed by atoms with Gasteiger partial charge < -0.3 is 15.2 Å². The van der Waals surface area contributed by atoms with Crippen LogP contribution in [0.15, 0.2) is 85.3 Å². The van der Waals surface area contributed by atoms with Crippen molar-refractivity contribution in [3.8, 4) is 6.07 Å². The highest BCUT2D eigenvalue weighted by molar-refractivity contribution is 6.41. The average molecular weight is 476 g/mol. The number of nitrogens with zero attached hydrogens (tertiary/aromatic N) is 3. The molecule has 0 spiro atoms. The van der Waals surface area contributed by atoms with Gasteiger partial charge in [0.2, 0.25) is 0 Å². The molecule has 7 nitrogen and oxygen atoms in total. The van der Waals surface area contributed by atoms with Gasteiger partial charge in [0.05, 0.1) is 18.0 Å². The van der Waals surface area contributed by atoms with Crippen molar-refractivity contribution in [2.75, 3.05) is 18.0 Å². The fourth-order valence-corrected chi connectivity index (χ4v) is 4.79. The number of rotatable bonds is 7. The van der Waals surface area contributed by atoms with Crippen molar-refractivity contribution in [1.82, 2.24) is 15.3 Å². The van der Waals surface area contributed by atoms with Crippen LogP contribution in [-0.2, 0) is 22.4 Å². The third-order valence-electron chi connectivity index (χ3n) is 6.53. The molecule has 4 aromatic rings. The minimum Gasteiger partial charge on any atom is -0.348 e. The molecule has 0 aliphatic carbocycles. The Morgan fingerprint density at radius 1 is 0.972 bits per heavy atom. The second-order valence-electron chi connectivity index (χ2n) is 8.80. The van der Waals surface area contributed by atoms with Crippen LogP contribution in [0.4, 0.5) is 5.69 Å². The van der Waals surface area contributed by atoms with Crippen LogP contribution in [0, 0.1) is 11.3 Å². The first kappa shape index (κ1) is 23.1. The van der Waals surface area contributed by atoms with Crippen molar-refractivity contribution in [2.24, 2.45) is 0 Å². The first-order valence-electron chi connectivity index (χ1n) is 11.9. The minimum absolute atomic E-state index is 0.159. The van der Waals surface area contributed by atoms with Gasteiger partial charge in [0.25, 0.3) is 0 Å². The molecule has 178 valence electrons. The summed E-state index contributed by atoms with van der Waals surface area (Å²) in [5.74, 6) is -1.31. The number of nitriles is 1. The third kappa shape index (κ3) is 4.75. The molecule has 1 saturated heterocycles. The van der Waals surface area contributed by atoms with Crippen LogP contribution in [0.2, 0.25) is 0 Å². The maximum Gasteiger partial charge on any atom is 0.316 e. The average Bonchev–Trinajstić information content (AvgIpc) is 3.45. The van der Waals surface area contributed by atoms with Crippen LogP contribution in [-0.4, -0.2) is 34.9 Å². The Labute approximate surface area is 209 Å². The van der Waals surface area contributed by atoms with Crippen LogP contribution in [0.5, 0.6) is 0 Å². The highest BCUT2D eigenvalue weighted by atomic mass is 16.2. The molecule has 1 aliphatic rings. The lowest BCUT2D eigenvalue weighted by molar-refractivity contribution is -0.138. The summed E-state index contributed by atoms with van der Waals surface area (Å²) in [5.41, 5.74) is 6.51. The maximum atomic E-state index is 12.9. The number of amides is 2. The Bertz CT molecular complexity index is 1410. The van der Waals surface area contributed by atoms with Gasteiger partial charge in [0, 0.05) is 36.6 Å². The zero-order chi connectivity index (χ0) is 24.9. The van der Waals surface area contributed by atoms with Crippen LogP contribution in [0.3, 0.4) is 0 Å². The third-order valence-corrected chi connectivity index (χ3v) is 6.53. The van der Waals surface area contributed by atoms with Gasteiger partial charge in [-0.2, -0.15) is 5.26 Å². The largest absolute Gasteiger partial charge is 0.348 e. The van der Waals surface area contributed by atoms with E-state index >= 15 is 0 Å². The number of aromatic nitrogens is 2. The summed E-state index contributed by atoms with van der Waals surface area (Å²) in [4.78, 5) is 34.4. The molecule has 1 aliphatic heterocycles. The molecular weight excluding hydrogens is 450 g/mol. The predicted octanol–water partition coefficient (Wildman–Crippen LogP) is 3.71. The van der Waals surface area contributed by atoms with E-state index in [0.29, 0.717) is 31.5 Å². The molecule has 2 N–H and O–H groups in total. The van der Waals surface area contributed by atoms with E-state index in [1.807, 2.05) is 60.8 Å². The molecule has 0 radical (unpaired) electrons. The summed E-state index contributed by atoms with van der Waals surface area (Å²) in [6.07, 6.45) is 4.76. The number of nitrogens with one attached hydrogen (secondary N) is 2. The quantitative estimate of drug-likeness (QED) is 0.398. The summed E-state index contributed by atoms with van der Waals surface area (Å²) in [5, 5.41) is 11.8. The molecule has 3 aromatic carbocycles. The first-order chi connectivity index (χ1) is 17.6. The molecule has 7 heteroatoms. The lowest BCUT2D eigenvalue weighted by atomic mass is 9.83. The van der Waals surface area contributed by atoms with E-state index in [1.165, 1.54) is 0 Å². The molecular formula is C29H25N5O2. The fraction of sp³-hybridized carbons (Fsp3) is 0.172. The summed E-state index contributed by atoms with van der Waals surface area (Å²) in [6.45, 7) is 0.802. The SMILES string of the molecule is N#Cc1ccc(C[C@H](c2cnc[nH]2)c2c(Cc3ccccc3)cccc2N2CCNC(=O)C2=O)cc1. The first-order valence-corrected chi connectivity index (χ1v) is 11.9. The second-order valence-corrected chi connectivity index (χ2v) is 8.80. The molecule has 0 unspecified atom stereocenters. The summed E-state index contributed by atoms with van der Waals surface area (Å²) >= 11 is 0. The molecule has 2 heterocycles. The minimum atomic E-state index is -0.592. The van der Waals surface area contributed by atoms with E-state index in [2.05, 4.69) is 39.6 Å². The van der Waals surface area contributed by atoms with E-state index in [9.17, 15) is 14.9 Å². The van der Waals surface area contributed by atoms with Crippen molar-refractivity contribution in [3.63, 3.8) is 0 Å². The van der Waals surface area contributed by atoms with Crippen LogP contribution in [0.1, 0.15) is 39.4 Å². The van der Waals surface area contributed by atoms with Gasteiger partial charge in [-0.3, -0.25) is 9.59 Å². The van der Waals surface area contributed by atoms with Crippen molar-refractivity contribution >= 4 is 17.5 Å². The van der Waals surface area contributed by atoms with E-state index < -0.39 is 11.8 Å². The smallest absolute Gasteiger partial charge is 0.316 e. The summed E-state index contributed by atoms with van der Waals surface area (Å²) < 4.78 is 0. The number of aromatic amines is 1. The Morgan fingerprint density at radius 3 is 2.50 bits per heavy atom. The number of hydrogen-bond acceptors (Lipinski definition) is 4. The Morgan fingerprint density at radius 2 is 1.78 bits per heavy atom. The Kier molecular flexibility index (Phi) is 6.59. The predicted molar refractivity (Wildman–Crippen MR) is 136 cm³/mol. The zero-order valence-electron chi connectivity index (χ0n) is 19.6. The number of H-pyrrole nitrogens is 1. The maximum absolute atomic E-state index is 12.9.